The molecule has 2 fully saturated rings. The maximum absolute atomic E-state index is 13.5. The molecule has 3 heterocycles. The maximum Gasteiger partial charge on any atom is 0.410 e. The number of methoxy groups -OCH3 is 1. The van der Waals surface area contributed by atoms with Gasteiger partial charge < -0.3 is 29.7 Å². The van der Waals surface area contributed by atoms with E-state index in [1.807, 2.05) is 20.8 Å². The molecule has 2 aromatic rings. The number of carbonyl (C=O) groups excluding carboxylic acids is 4. The van der Waals surface area contributed by atoms with Crippen LogP contribution in [0.2, 0.25) is 0 Å². The van der Waals surface area contributed by atoms with Crippen LogP contribution in [0.1, 0.15) is 77.3 Å². The smallest absolute Gasteiger partial charge is 0.410 e. The zero-order valence-corrected chi connectivity index (χ0v) is 26.8. The Hall–Kier alpha value is -4.15. The Kier molecular flexibility index (Phi) is 11.4. The molecule has 2 aliphatic heterocycles. The molecule has 45 heavy (non-hydrogen) atoms. The van der Waals surface area contributed by atoms with E-state index in [4.69, 9.17) is 9.47 Å². The van der Waals surface area contributed by atoms with Gasteiger partial charge >= 0.3 is 12.1 Å². The van der Waals surface area contributed by atoms with E-state index in [2.05, 4.69) is 10.3 Å². The number of phenolic OH excluding ortho intramolecular Hbond substituents is 1. The van der Waals surface area contributed by atoms with Crippen molar-refractivity contribution in [3.8, 4) is 16.9 Å². The summed E-state index contributed by atoms with van der Waals surface area (Å²) in [6.45, 7) is 7.74. The van der Waals surface area contributed by atoms with E-state index < -0.39 is 23.5 Å². The number of nitrogens with one attached hydrogen (secondary N) is 1. The predicted molar refractivity (Wildman–Crippen MR) is 168 cm³/mol. The fourth-order valence-corrected chi connectivity index (χ4v) is 5.94. The Labute approximate surface area is 265 Å². The van der Waals surface area contributed by atoms with Crippen molar-refractivity contribution in [2.45, 2.75) is 77.4 Å². The molecule has 2 saturated heterocycles. The van der Waals surface area contributed by atoms with Gasteiger partial charge in [0, 0.05) is 56.1 Å². The second-order valence-electron chi connectivity index (χ2n) is 13.0. The van der Waals surface area contributed by atoms with Crippen molar-refractivity contribution in [1.29, 1.82) is 0 Å². The number of hydrogen-bond acceptors (Lipinski definition) is 8. The molecule has 11 heteroatoms. The third-order valence-electron chi connectivity index (χ3n) is 8.47. The van der Waals surface area contributed by atoms with Gasteiger partial charge in [0.25, 0.3) is 0 Å². The zero-order valence-electron chi connectivity index (χ0n) is 26.8. The summed E-state index contributed by atoms with van der Waals surface area (Å²) in [6.07, 6.45) is 6.99. The lowest BCUT2D eigenvalue weighted by Gasteiger charge is -2.35. The molecule has 2 atom stereocenters. The first-order chi connectivity index (χ1) is 21.4. The first-order valence-electron chi connectivity index (χ1n) is 15.8. The predicted octanol–water partition coefficient (Wildman–Crippen LogP) is 4.84. The summed E-state index contributed by atoms with van der Waals surface area (Å²) in [5, 5.41) is 13.3. The lowest BCUT2D eigenvalue weighted by atomic mass is 9.91. The van der Waals surface area contributed by atoms with Gasteiger partial charge in [-0.25, -0.2) is 4.79 Å². The number of ether oxygens (including phenoxy) is 2. The van der Waals surface area contributed by atoms with Crippen LogP contribution in [0.15, 0.2) is 42.7 Å². The summed E-state index contributed by atoms with van der Waals surface area (Å²) in [6, 6.07) is 7.99. The molecule has 3 amide bonds. The van der Waals surface area contributed by atoms with E-state index in [1.165, 1.54) is 7.11 Å². The fraction of sp³-hybridized carbons (Fsp3) is 0.559. The van der Waals surface area contributed by atoms with Gasteiger partial charge in [-0.05, 0) is 76.5 Å². The minimum atomic E-state index is -0.694. The van der Waals surface area contributed by atoms with Gasteiger partial charge in [-0.1, -0.05) is 18.2 Å². The van der Waals surface area contributed by atoms with Crippen molar-refractivity contribution in [1.82, 2.24) is 20.1 Å². The highest BCUT2D eigenvalue weighted by Crippen LogP contribution is 2.31. The third kappa shape index (κ3) is 9.67. The zero-order chi connectivity index (χ0) is 32.6. The molecular weight excluding hydrogens is 576 g/mol. The van der Waals surface area contributed by atoms with E-state index in [9.17, 15) is 24.3 Å². The summed E-state index contributed by atoms with van der Waals surface area (Å²) in [5.74, 6) is -0.627. The third-order valence-corrected chi connectivity index (χ3v) is 8.47. The minimum Gasteiger partial charge on any atom is -0.507 e. The number of amides is 3. The summed E-state index contributed by atoms with van der Waals surface area (Å²) < 4.78 is 10.4. The number of phenols is 1. The number of esters is 1. The van der Waals surface area contributed by atoms with Gasteiger partial charge in [-0.2, -0.15) is 0 Å². The van der Waals surface area contributed by atoms with Crippen molar-refractivity contribution in [2.75, 3.05) is 33.3 Å². The molecule has 11 nitrogen and oxygen atoms in total. The lowest BCUT2D eigenvalue weighted by Crippen LogP contribution is -2.46. The molecule has 2 unspecified atom stereocenters. The first kappa shape index (κ1) is 33.7. The number of piperidine rings is 2. The van der Waals surface area contributed by atoms with Crippen LogP contribution in [0.4, 0.5) is 4.79 Å². The standard InChI is InChI=1S/C34H46N4O7/c1-34(2,3)45-33(43)37-16-13-23(14-17-37)11-12-30(40)38-15-7-8-24(22-38)32(42)36-28(19-31(41)44-4)26-18-25(20-35-21-26)27-9-5-6-10-29(27)39/h5-6,9-10,18,20-21,23-24,28,39H,7-8,11-17,19,22H2,1-4H3,(H,36,42). The van der Waals surface area contributed by atoms with Crippen molar-refractivity contribution in [3.63, 3.8) is 0 Å². The van der Waals surface area contributed by atoms with Crippen molar-refractivity contribution < 1.29 is 33.8 Å². The number of likely N-dealkylation sites (tertiary alicyclic amines) is 2. The molecule has 0 radical (unpaired) electrons. The average Bonchev–Trinajstić information content (AvgIpc) is 3.03. The van der Waals surface area contributed by atoms with Crippen LogP contribution in [0.3, 0.4) is 0 Å². The Balaban J connectivity index is 1.32. The average molecular weight is 623 g/mol. The molecule has 2 aliphatic rings. The van der Waals surface area contributed by atoms with Crippen LogP contribution in [-0.2, 0) is 23.9 Å². The second kappa shape index (κ2) is 15.2. The lowest BCUT2D eigenvalue weighted by molar-refractivity contribution is -0.141. The monoisotopic (exact) mass is 622 g/mol. The molecular formula is C34H46N4O7. The molecule has 0 saturated carbocycles. The van der Waals surface area contributed by atoms with Gasteiger partial charge in [0.15, 0.2) is 0 Å². The van der Waals surface area contributed by atoms with E-state index in [0.717, 1.165) is 19.3 Å². The molecule has 1 aromatic heterocycles. The van der Waals surface area contributed by atoms with Crippen molar-refractivity contribution in [2.24, 2.45) is 11.8 Å². The summed E-state index contributed by atoms with van der Waals surface area (Å²) in [4.78, 5) is 59.2. The van der Waals surface area contributed by atoms with Crippen LogP contribution in [0.25, 0.3) is 11.1 Å². The van der Waals surface area contributed by atoms with Crippen LogP contribution in [-0.4, -0.2) is 82.7 Å². The Bertz CT molecular complexity index is 1350. The van der Waals surface area contributed by atoms with Gasteiger partial charge in [-0.3, -0.25) is 19.4 Å². The normalized spacial score (nSPS) is 18.2. The summed E-state index contributed by atoms with van der Waals surface area (Å²) in [5.41, 5.74) is 1.32. The molecule has 0 bridgehead atoms. The minimum absolute atomic E-state index is 0.0350. The SMILES string of the molecule is COC(=O)CC(NC(=O)C1CCCN(C(=O)CCC2CCN(C(=O)OC(C)(C)C)CC2)C1)c1cncc(-c2ccccc2O)c1. The van der Waals surface area contributed by atoms with Gasteiger partial charge in [0.1, 0.15) is 11.4 Å². The molecule has 2 N–H and O–H groups in total. The number of carbonyl (C=O) groups is 4. The van der Waals surface area contributed by atoms with Gasteiger partial charge in [0.2, 0.25) is 11.8 Å². The molecule has 0 spiro atoms. The number of benzene rings is 1. The maximum atomic E-state index is 13.5. The van der Waals surface area contributed by atoms with Crippen molar-refractivity contribution >= 4 is 23.9 Å². The van der Waals surface area contributed by atoms with Gasteiger partial charge in [-0.15, -0.1) is 0 Å². The quantitative estimate of drug-likeness (QED) is 0.379. The largest absolute Gasteiger partial charge is 0.507 e. The van der Waals surface area contributed by atoms with E-state index in [-0.39, 0.29) is 30.1 Å². The van der Waals surface area contributed by atoms with E-state index in [0.29, 0.717) is 68.0 Å². The van der Waals surface area contributed by atoms with Gasteiger partial charge in [0.05, 0.1) is 25.5 Å². The highest BCUT2D eigenvalue weighted by Gasteiger charge is 2.32. The number of aromatic nitrogens is 1. The Morgan fingerprint density at radius 1 is 1.04 bits per heavy atom. The highest BCUT2D eigenvalue weighted by atomic mass is 16.6. The Morgan fingerprint density at radius 2 is 1.78 bits per heavy atom. The number of hydrogen-bond donors (Lipinski definition) is 2. The number of pyridine rings is 1. The number of rotatable bonds is 9. The number of nitrogens with zero attached hydrogens (tertiary/aromatic N) is 3. The first-order valence-corrected chi connectivity index (χ1v) is 15.8. The Morgan fingerprint density at radius 3 is 2.47 bits per heavy atom. The molecule has 1 aromatic carbocycles. The molecule has 4 rings (SSSR count). The fourth-order valence-electron chi connectivity index (χ4n) is 5.94. The van der Waals surface area contributed by atoms with Crippen LogP contribution in [0.5, 0.6) is 5.75 Å². The number of para-hydroxylation sites is 1. The summed E-state index contributed by atoms with van der Waals surface area (Å²) >= 11 is 0. The molecule has 0 aliphatic carbocycles. The molecule has 244 valence electrons. The van der Waals surface area contributed by atoms with E-state index in [1.54, 1.807) is 52.5 Å². The number of aromatic hydroxyl groups is 1. The van der Waals surface area contributed by atoms with Crippen LogP contribution in [0, 0.1) is 11.8 Å². The topological polar surface area (TPSA) is 138 Å². The van der Waals surface area contributed by atoms with E-state index >= 15 is 0 Å². The highest BCUT2D eigenvalue weighted by molar-refractivity contribution is 5.82. The van der Waals surface area contributed by atoms with Crippen LogP contribution >= 0.6 is 0 Å². The second-order valence-corrected chi connectivity index (χ2v) is 13.0. The summed E-state index contributed by atoms with van der Waals surface area (Å²) in [7, 11) is 1.30. The van der Waals surface area contributed by atoms with Crippen LogP contribution < -0.4 is 5.32 Å². The van der Waals surface area contributed by atoms with Crippen molar-refractivity contribution in [3.05, 3.63) is 48.3 Å².